The van der Waals surface area contributed by atoms with E-state index in [1.54, 1.807) is 6.07 Å². The minimum Gasteiger partial charge on any atom is -0.395 e. The molecule has 3 nitrogen and oxygen atoms in total. The molecular weight excluding hydrogens is 262 g/mol. The highest BCUT2D eigenvalue weighted by Crippen LogP contribution is 2.22. The van der Waals surface area contributed by atoms with Gasteiger partial charge in [0, 0.05) is 24.2 Å². The first-order valence-electron chi connectivity index (χ1n) is 6.99. The number of hydrogen-bond donors (Lipinski definition) is 2. The zero-order chi connectivity index (χ0) is 15.1. The number of halogens is 2. The van der Waals surface area contributed by atoms with Crippen LogP contribution in [0, 0.1) is 11.6 Å². The van der Waals surface area contributed by atoms with Crippen LogP contribution >= 0.6 is 0 Å². The van der Waals surface area contributed by atoms with E-state index in [1.807, 2.05) is 25.8 Å². The fraction of sp³-hybridized carbons (Fsp3) is 0.600. The quantitative estimate of drug-likeness (QED) is 0.770. The van der Waals surface area contributed by atoms with E-state index in [9.17, 15) is 8.78 Å². The summed E-state index contributed by atoms with van der Waals surface area (Å²) in [6, 6.07) is 4.08. The molecule has 0 aromatic heterocycles. The second-order valence-electron chi connectivity index (χ2n) is 5.05. The van der Waals surface area contributed by atoms with Gasteiger partial charge in [-0.2, -0.15) is 0 Å². The van der Waals surface area contributed by atoms with Crippen LogP contribution in [0.2, 0.25) is 0 Å². The predicted molar refractivity (Wildman–Crippen MR) is 76.6 cm³/mol. The Morgan fingerprint density at radius 1 is 1.35 bits per heavy atom. The fourth-order valence-electron chi connectivity index (χ4n) is 2.10. The standard InChI is InChI=1S/C15H24F2N2O/c1-4-18-14(8-9-19(3)11(2)10-20)12-6-5-7-13(16)15(12)17/h5-7,11,14,18,20H,4,8-10H2,1-3H3. The van der Waals surface area contributed by atoms with Gasteiger partial charge < -0.3 is 15.3 Å². The lowest BCUT2D eigenvalue weighted by atomic mass is 10.0. The highest BCUT2D eigenvalue weighted by molar-refractivity contribution is 5.22. The SMILES string of the molecule is CCNC(CCN(C)C(C)CO)c1cccc(F)c1F. The van der Waals surface area contributed by atoms with E-state index < -0.39 is 11.6 Å². The molecule has 1 aromatic carbocycles. The third-order valence-corrected chi connectivity index (χ3v) is 3.59. The first kappa shape index (κ1) is 17.0. The third-order valence-electron chi connectivity index (χ3n) is 3.59. The summed E-state index contributed by atoms with van der Waals surface area (Å²) in [4.78, 5) is 2.00. The maximum atomic E-state index is 13.9. The first-order chi connectivity index (χ1) is 9.51. The molecular formula is C15H24F2N2O. The average molecular weight is 286 g/mol. The van der Waals surface area contributed by atoms with Crippen molar-refractivity contribution in [3.8, 4) is 0 Å². The lowest BCUT2D eigenvalue weighted by Crippen LogP contribution is -2.35. The Kier molecular flexibility index (Phi) is 7.05. The third kappa shape index (κ3) is 4.51. The molecule has 2 N–H and O–H groups in total. The Hall–Kier alpha value is -1.04. The van der Waals surface area contributed by atoms with Crippen molar-refractivity contribution in [2.75, 3.05) is 26.7 Å². The highest BCUT2D eigenvalue weighted by atomic mass is 19.2. The van der Waals surface area contributed by atoms with Crippen molar-refractivity contribution >= 4 is 0 Å². The first-order valence-corrected chi connectivity index (χ1v) is 6.99. The van der Waals surface area contributed by atoms with E-state index in [2.05, 4.69) is 5.32 Å². The second kappa shape index (κ2) is 8.29. The molecule has 0 spiro atoms. The molecule has 0 amide bonds. The number of hydrogen-bond acceptors (Lipinski definition) is 3. The topological polar surface area (TPSA) is 35.5 Å². The van der Waals surface area contributed by atoms with Crippen molar-refractivity contribution in [1.29, 1.82) is 0 Å². The van der Waals surface area contributed by atoms with Crippen molar-refractivity contribution in [1.82, 2.24) is 10.2 Å². The van der Waals surface area contributed by atoms with E-state index in [1.165, 1.54) is 6.07 Å². The number of benzene rings is 1. The maximum absolute atomic E-state index is 13.9. The lowest BCUT2D eigenvalue weighted by molar-refractivity contribution is 0.154. The van der Waals surface area contributed by atoms with E-state index in [4.69, 9.17) is 5.11 Å². The van der Waals surface area contributed by atoms with Crippen LogP contribution in [0.5, 0.6) is 0 Å². The molecule has 0 heterocycles. The molecule has 0 saturated heterocycles. The molecule has 2 unspecified atom stereocenters. The molecule has 0 aliphatic carbocycles. The molecule has 1 aromatic rings. The smallest absolute Gasteiger partial charge is 0.163 e. The van der Waals surface area contributed by atoms with Crippen LogP contribution in [0.1, 0.15) is 31.9 Å². The van der Waals surface area contributed by atoms with Gasteiger partial charge in [0.25, 0.3) is 0 Å². The number of rotatable bonds is 8. The van der Waals surface area contributed by atoms with Gasteiger partial charge in [0.1, 0.15) is 0 Å². The maximum Gasteiger partial charge on any atom is 0.163 e. The highest BCUT2D eigenvalue weighted by Gasteiger charge is 2.18. The van der Waals surface area contributed by atoms with Gasteiger partial charge in [-0.05, 0) is 33.0 Å². The number of aliphatic hydroxyl groups excluding tert-OH is 1. The van der Waals surface area contributed by atoms with Crippen molar-refractivity contribution < 1.29 is 13.9 Å². The number of nitrogens with one attached hydrogen (secondary N) is 1. The minimum atomic E-state index is -0.817. The van der Waals surface area contributed by atoms with Crippen molar-refractivity contribution in [2.45, 2.75) is 32.4 Å². The number of aliphatic hydroxyl groups is 1. The van der Waals surface area contributed by atoms with Crippen molar-refractivity contribution in [3.05, 3.63) is 35.4 Å². The molecule has 0 bridgehead atoms. The molecule has 5 heteroatoms. The van der Waals surface area contributed by atoms with Gasteiger partial charge in [-0.1, -0.05) is 19.1 Å². The fourth-order valence-corrected chi connectivity index (χ4v) is 2.10. The van der Waals surface area contributed by atoms with Gasteiger partial charge in [0.15, 0.2) is 11.6 Å². The summed E-state index contributed by atoms with van der Waals surface area (Å²) in [5.74, 6) is -1.60. The summed E-state index contributed by atoms with van der Waals surface area (Å²) in [5, 5.41) is 12.3. The summed E-state index contributed by atoms with van der Waals surface area (Å²) < 4.78 is 27.2. The Bertz CT molecular complexity index is 415. The minimum absolute atomic E-state index is 0.0506. The van der Waals surface area contributed by atoms with Crippen molar-refractivity contribution in [2.24, 2.45) is 0 Å². The summed E-state index contributed by atoms with van der Waals surface area (Å²) >= 11 is 0. The lowest BCUT2D eigenvalue weighted by Gasteiger charge is -2.26. The molecule has 0 aliphatic heterocycles. The summed E-state index contributed by atoms with van der Waals surface area (Å²) in [7, 11) is 1.91. The molecule has 0 fully saturated rings. The van der Waals surface area contributed by atoms with Gasteiger partial charge in [0.05, 0.1) is 6.61 Å². The second-order valence-corrected chi connectivity index (χ2v) is 5.05. The van der Waals surface area contributed by atoms with Crippen molar-refractivity contribution in [3.63, 3.8) is 0 Å². The average Bonchev–Trinajstić information content (AvgIpc) is 2.45. The summed E-state index contributed by atoms with van der Waals surface area (Å²) in [6.07, 6.45) is 0.648. The monoisotopic (exact) mass is 286 g/mol. The Morgan fingerprint density at radius 2 is 2.05 bits per heavy atom. The summed E-state index contributed by atoms with van der Waals surface area (Å²) in [6.45, 7) is 5.31. The molecule has 1 rings (SSSR count). The van der Waals surface area contributed by atoms with Crippen LogP contribution in [0.3, 0.4) is 0 Å². The van der Waals surface area contributed by atoms with Gasteiger partial charge >= 0.3 is 0 Å². The number of nitrogens with zero attached hydrogens (tertiary/aromatic N) is 1. The molecule has 0 saturated carbocycles. The van der Waals surface area contributed by atoms with E-state index in [0.29, 0.717) is 25.1 Å². The Balaban J connectivity index is 2.76. The van der Waals surface area contributed by atoms with Gasteiger partial charge in [0.2, 0.25) is 0 Å². The predicted octanol–water partition coefficient (Wildman–Crippen LogP) is 2.32. The van der Waals surface area contributed by atoms with Gasteiger partial charge in [-0.15, -0.1) is 0 Å². The van der Waals surface area contributed by atoms with Crippen LogP contribution in [-0.4, -0.2) is 42.8 Å². The molecule has 0 radical (unpaired) electrons. The molecule has 20 heavy (non-hydrogen) atoms. The molecule has 2 atom stereocenters. The summed E-state index contributed by atoms with van der Waals surface area (Å²) in [5.41, 5.74) is 0.358. The molecule has 0 aliphatic rings. The number of likely N-dealkylation sites (N-methyl/N-ethyl adjacent to an activating group) is 1. The van der Waals surface area contributed by atoms with E-state index in [-0.39, 0.29) is 18.7 Å². The van der Waals surface area contributed by atoms with Crippen LogP contribution in [-0.2, 0) is 0 Å². The van der Waals surface area contributed by atoms with Crippen LogP contribution in [0.25, 0.3) is 0 Å². The Morgan fingerprint density at radius 3 is 2.65 bits per heavy atom. The van der Waals surface area contributed by atoms with E-state index >= 15 is 0 Å². The largest absolute Gasteiger partial charge is 0.395 e. The van der Waals surface area contributed by atoms with Crippen LogP contribution in [0.4, 0.5) is 8.78 Å². The van der Waals surface area contributed by atoms with E-state index in [0.717, 1.165) is 6.07 Å². The van der Waals surface area contributed by atoms with Crippen LogP contribution < -0.4 is 5.32 Å². The van der Waals surface area contributed by atoms with Gasteiger partial charge in [-0.25, -0.2) is 8.78 Å². The Labute approximate surface area is 119 Å². The normalized spacial score (nSPS) is 14.6. The zero-order valence-electron chi connectivity index (χ0n) is 12.4. The van der Waals surface area contributed by atoms with Crippen LogP contribution in [0.15, 0.2) is 18.2 Å². The van der Waals surface area contributed by atoms with Gasteiger partial charge in [-0.3, -0.25) is 0 Å². The molecule has 114 valence electrons. The zero-order valence-corrected chi connectivity index (χ0v) is 12.4.